The predicted octanol–water partition coefficient (Wildman–Crippen LogP) is 2.89. The number of aromatic nitrogens is 3. The molecule has 3 rings (SSSR count). The van der Waals surface area contributed by atoms with Crippen LogP contribution in [0.2, 0.25) is 0 Å². The highest BCUT2D eigenvalue weighted by Crippen LogP contribution is 2.29. The average Bonchev–Trinajstić information content (AvgIpc) is 2.97. The standard InChI is InChI=1S/C15H20N4O/c1-3-11-5-7-17-13(9-11)15-18-14(19-20-15)12-8-10(2)4-6-16-12/h4,6,8,11,13,17H,3,5,7,9H2,1-2H3. The Balaban J connectivity index is 1.80. The first-order valence-electron chi connectivity index (χ1n) is 7.26. The van der Waals surface area contributed by atoms with Crippen LogP contribution >= 0.6 is 0 Å². The van der Waals surface area contributed by atoms with Crippen molar-refractivity contribution in [2.24, 2.45) is 5.92 Å². The van der Waals surface area contributed by atoms with E-state index in [1.807, 2.05) is 19.1 Å². The van der Waals surface area contributed by atoms with E-state index in [0.29, 0.717) is 11.7 Å². The highest BCUT2D eigenvalue weighted by atomic mass is 16.5. The Hall–Kier alpha value is -1.75. The van der Waals surface area contributed by atoms with Crippen LogP contribution in [-0.2, 0) is 0 Å². The van der Waals surface area contributed by atoms with Gasteiger partial charge in [0.05, 0.1) is 6.04 Å². The van der Waals surface area contributed by atoms with Crippen molar-refractivity contribution in [2.75, 3.05) is 6.54 Å². The highest BCUT2D eigenvalue weighted by molar-refractivity contribution is 5.48. The number of piperidine rings is 1. The van der Waals surface area contributed by atoms with Crippen molar-refractivity contribution in [3.05, 3.63) is 29.8 Å². The monoisotopic (exact) mass is 272 g/mol. The molecule has 0 amide bonds. The molecule has 3 heterocycles. The lowest BCUT2D eigenvalue weighted by atomic mass is 9.90. The lowest BCUT2D eigenvalue weighted by Gasteiger charge is -2.27. The molecule has 1 aliphatic rings. The van der Waals surface area contributed by atoms with Gasteiger partial charge >= 0.3 is 0 Å². The number of hydrogen-bond acceptors (Lipinski definition) is 5. The quantitative estimate of drug-likeness (QED) is 0.930. The average molecular weight is 272 g/mol. The first-order valence-corrected chi connectivity index (χ1v) is 7.26. The number of nitrogens with zero attached hydrogens (tertiary/aromatic N) is 3. The molecule has 20 heavy (non-hydrogen) atoms. The van der Waals surface area contributed by atoms with Gasteiger partial charge in [-0.05, 0) is 49.9 Å². The minimum absolute atomic E-state index is 0.180. The number of hydrogen-bond donors (Lipinski definition) is 1. The Morgan fingerprint density at radius 3 is 3.15 bits per heavy atom. The molecule has 2 unspecified atom stereocenters. The third-order valence-corrected chi connectivity index (χ3v) is 3.97. The van der Waals surface area contributed by atoms with Crippen LogP contribution in [-0.4, -0.2) is 21.7 Å². The summed E-state index contributed by atoms with van der Waals surface area (Å²) in [6.07, 6.45) is 5.28. The van der Waals surface area contributed by atoms with Gasteiger partial charge in [-0.3, -0.25) is 4.98 Å². The van der Waals surface area contributed by atoms with E-state index in [0.717, 1.165) is 30.1 Å². The van der Waals surface area contributed by atoms with Crippen LogP contribution in [0.3, 0.4) is 0 Å². The third-order valence-electron chi connectivity index (χ3n) is 3.97. The van der Waals surface area contributed by atoms with E-state index in [-0.39, 0.29) is 6.04 Å². The van der Waals surface area contributed by atoms with Crippen LogP contribution in [0.1, 0.15) is 43.7 Å². The molecule has 0 bridgehead atoms. The molecule has 0 radical (unpaired) electrons. The van der Waals surface area contributed by atoms with Gasteiger partial charge in [-0.1, -0.05) is 18.5 Å². The van der Waals surface area contributed by atoms with E-state index in [2.05, 4.69) is 27.4 Å². The molecule has 2 aromatic rings. The van der Waals surface area contributed by atoms with E-state index in [4.69, 9.17) is 4.52 Å². The molecule has 5 nitrogen and oxygen atoms in total. The van der Waals surface area contributed by atoms with Gasteiger partial charge in [-0.15, -0.1) is 0 Å². The Morgan fingerprint density at radius 2 is 2.35 bits per heavy atom. The molecule has 0 saturated carbocycles. The van der Waals surface area contributed by atoms with Crippen molar-refractivity contribution >= 4 is 0 Å². The van der Waals surface area contributed by atoms with Crippen LogP contribution in [0, 0.1) is 12.8 Å². The van der Waals surface area contributed by atoms with Gasteiger partial charge in [0.15, 0.2) is 0 Å². The number of nitrogens with one attached hydrogen (secondary N) is 1. The smallest absolute Gasteiger partial charge is 0.244 e. The van der Waals surface area contributed by atoms with Gasteiger partial charge in [0, 0.05) is 6.20 Å². The molecule has 0 aliphatic carbocycles. The summed E-state index contributed by atoms with van der Waals surface area (Å²) >= 11 is 0. The summed E-state index contributed by atoms with van der Waals surface area (Å²) in [7, 11) is 0. The first-order chi connectivity index (χ1) is 9.76. The van der Waals surface area contributed by atoms with Crippen molar-refractivity contribution in [3.8, 4) is 11.5 Å². The van der Waals surface area contributed by atoms with Crippen molar-refractivity contribution in [1.82, 2.24) is 20.4 Å². The van der Waals surface area contributed by atoms with E-state index in [1.165, 1.54) is 12.8 Å². The summed E-state index contributed by atoms with van der Waals surface area (Å²) in [4.78, 5) is 8.81. The van der Waals surface area contributed by atoms with Crippen LogP contribution in [0.25, 0.3) is 11.5 Å². The summed E-state index contributed by atoms with van der Waals surface area (Å²) < 4.78 is 5.43. The topological polar surface area (TPSA) is 63.8 Å². The van der Waals surface area contributed by atoms with Crippen molar-refractivity contribution in [1.29, 1.82) is 0 Å². The SMILES string of the molecule is CCC1CCNC(c2nc(-c3cc(C)ccn3)no2)C1. The zero-order valence-corrected chi connectivity index (χ0v) is 12.0. The van der Waals surface area contributed by atoms with Crippen molar-refractivity contribution in [3.63, 3.8) is 0 Å². The maximum atomic E-state index is 5.43. The Kier molecular flexibility index (Phi) is 3.78. The predicted molar refractivity (Wildman–Crippen MR) is 76.0 cm³/mol. The molecule has 1 N–H and O–H groups in total. The van der Waals surface area contributed by atoms with Gasteiger partial charge in [0.2, 0.25) is 11.7 Å². The van der Waals surface area contributed by atoms with Gasteiger partial charge < -0.3 is 9.84 Å². The van der Waals surface area contributed by atoms with Gasteiger partial charge in [-0.2, -0.15) is 4.98 Å². The molecule has 0 aromatic carbocycles. The molecular formula is C15H20N4O. The second-order valence-corrected chi connectivity index (χ2v) is 5.48. The number of aryl methyl sites for hydroxylation is 1. The Bertz CT molecular complexity index is 581. The summed E-state index contributed by atoms with van der Waals surface area (Å²) in [5, 5.41) is 7.52. The molecule has 1 aliphatic heterocycles. The highest BCUT2D eigenvalue weighted by Gasteiger charge is 2.26. The zero-order chi connectivity index (χ0) is 13.9. The van der Waals surface area contributed by atoms with Gasteiger partial charge in [0.1, 0.15) is 5.69 Å². The normalized spacial score (nSPS) is 22.9. The van der Waals surface area contributed by atoms with E-state index >= 15 is 0 Å². The molecule has 2 aromatic heterocycles. The van der Waals surface area contributed by atoms with Crippen molar-refractivity contribution in [2.45, 2.75) is 39.2 Å². The zero-order valence-electron chi connectivity index (χ0n) is 12.0. The maximum Gasteiger partial charge on any atom is 0.244 e. The fourth-order valence-corrected chi connectivity index (χ4v) is 2.69. The molecule has 1 fully saturated rings. The van der Waals surface area contributed by atoms with E-state index in [1.54, 1.807) is 6.20 Å². The number of pyridine rings is 1. The van der Waals surface area contributed by atoms with Crippen LogP contribution < -0.4 is 5.32 Å². The largest absolute Gasteiger partial charge is 0.337 e. The molecular weight excluding hydrogens is 252 g/mol. The lowest BCUT2D eigenvalue weighted by molar-refractivity contribution is 0.246. The maximum absolute atomic E-state index is 5.43. The summed E-state index contributed by atoms with van der Waals surface area (Å²) in [5.41, 5.74) is 1.91. The Morgan fingerprint density at radius 1 is 1.45 bits per heavy atom. The fourth-order valence-electron chi connectivity index (χ4n) is 2.69. The van der Waals surface area contributed by atoms with Gasteiger partial charge in [-0.25, -0.2) is 0 Å². The van der Waals surface area contributed by atoms with Crippen LogP contribution in [0.15, 0.2) is 22.9 Å². The minimum Gasteiger partial charge on any atom is -0.337 e. The number of rotatable bonds is 3. The minimum atomic E-state index is 0.180. The van der Waals surface area contributed by atoms with Crippen LogP contribution in [0.5, 0.6) is 0 Å². The van der Waals surface area contributed by atoms with Crippen LogP contribution in [0.4, 0.5) is 0 Å². The molecule has 1 saturated heterocycles. The second-order valence-electron chi connectivity index (χ2n) is 5.48. The second kappa shape index (κ2) is 5.71. The van der Waals surface area contributed by atoms with Crippen molar-refractivity contribution < 1.29 is 4.52 Å². The van der Waals surface area contributed by atoms with E-state index in [9.17, 15) is 0 Å². The summed E-state index contributed by atoms with van der Waals surface area (Å²) in [6, 6.07) is 4.11. The summed E-state index contributed by atoms with van der Waals surface area (Å²) in [5.74, 6) is 2.00. The molecule has 5 heteroatoms. The lowest BCUT2D eigenvalue weighted by Crippen LogP contribution is -2.31. The molecule has 2 atom stereocenters. The summed E-state index contributed by atoms with van der Waals surface area (Å²) in [6.45, 7) is 5.28. The third kappa shape index (κ3) is 2.72. The molecule has 106 valence electrons. The fraction of sp³-hybridized carbons (Fsp3) is 0.533. The molecule has 0 spiro atoms. The first kappa shape index (κ1) is 13.2. The van der Waals surface area contributed by atoms with E-state index < -0.39 is 0 Å². The van der Waals surface area contributed by atoms with Gasteiger partial charge in [0.25, 0.3) is 0 Å². The Labute approximate surface area is 118 Å².